The van der Waals surface area contributed by atoms with Gasteiger partial charge in [0.25, 0.3) is 11.8 Å². The van der Waals surface area contributed by atoms with Gasteiger partial charge in [-0.2, -0.15) is 0 Å². The minimum Gasteiger partial charge on any atom is -0.292 e. The van der Waals surface area contributed by atoms with Gasteiger partial charge in [-0.05, 0) is 35.0 Å². The number of amides is 4. The highest BCUT2D eigenvalue weighted by molar-refractivity contribution is 8.27. The van der Waals surface area contributed by atoms with Gasteiger partial charge in [-0.25, -0.2) is 0 Å². The SMILES string of the molecule is O=C(CCN1C(=O)/C(=C/c2cccs2)SC1=S)NNC(=O)CCN1C(=O)/C(=C\c2cccs2)SC1=S. The van der Waals surface area contributed by atoms with Crippen molar-refractivity contribution in [2.45, 2.75) is 12.8 Å². The molecule has 0 saturated carbocycles. The summed E-state index contributed by atoms with van der Waals surface area (Å²) in [6, 6.07) is 7.60. The van der Waals surface area contributed by atoms with Crippen molar-refractivity contribution < 1.29 is 19.2 Å². The van der Waals surface area contributed by atoms with E-state index in [1.807, 2.05) is 35.0 Å². The van der Waals surface area contributed by atoms with Gasteiger partial charge < -0.3 is 0 Å². The highest BCUT2D eigenvalue weighted by Gasteiger charge is 2.33. The molecule has 0 radical (unpaired) electrons. The van der Waals surface area contributed by atoms with Crippen LogP contribution in [-0.2, 0) is 19.2 Å². The molecule has 0 atom stereocenters. The van der Waals surface area contributed by atoms with E-state index in [9.17, 15) is 19.2 Å². The fraction of sp³-hybridized carbons (Fsp3) is 0.182. The van der Waals surface area contributed by atoms with E-state index in [1.54, 1.807) is 12.2 Å². The standard InChI is InChI=1S/C22H18N4O4S6/c27-17(5-7-25-19(29)15(35-21(25)31)11-13-3-1-9-33-13)23-24-18(28)6-8-26-20(30)16(36-22(26)32)12-14-4-2-10-34-14/h1-4,9-12H,5-8H2,(H,23,27)(H,24,28)/b15-11-,16-12+. The molecule has 2 aromatic rings. The smallest absolute Gasteiger partial charge is 0.266 e. The zero-order valence-electron chi connectivity index (χ0n) is 18.4. The Balaban J connectivity index is 1.19. The lowest BCUT2D eigenvalue weighted by Crippen LogP contribution is -2.44. The van der Waals surface area contributed by atoms with Crippen LogP contribution in [0.4, 0.5) is 0 Å². The Morgan fingerprint density at radius 2 is 1.19 bits per heavy atom. The van der Waals surface area contributed by atoms with Crippen LogP contribution in [0.5, 0.6) is 0 Å². The summed E-state index contributed by atoms with van der Waals surface area (Å²) in [5.74, 6) is -1.42. The Bertz CT molecular complexity index is 1170. The lowest BCUT2D eigenvalue weighted by atomic mass is 10.3. The number of carbonyl (C=O) groups is 4. The molecule has 0 bridgehead atoms. The highest BCUT2D eigenvalue weighted by Crippen LogP contribution is 2.34. The van der Waals surface area contributed by atoms with Gasteiger partial charge in [0.15, 0.2) is 0 Å². The molecular formula is C22H18N4O4S6. The summed E-state index contributed by atoms with van der Waals surface area (Å²) >= 11 is 16.0. The van der Waals surface area contributed by atoms with Crippen LogP contribution in [0.25, 0.3) is 12.2 Å². The predicted molar refractivity (Wildman–Crippen MR) is 154 cm³/mol. The summed E-state index contributed by atoms with van der Waals surface area (Å²) in [5.41, 5.74) is 4.66. The van der Waals surface area contributed by atoms with E-state index in [1.165, 1.54) is 56.0 Å². The van der Waals surface area contributed by atoms with Crippen LogP contribution in [0.15, 0.2) is 44.8 Å². The van der Waals surface area contributed by atoms with Crippen LogP contribution < -0.4 is 10.9 Å². The van der Waals surface area contributed by atoms with Gasteiger partial charge >= 0.3 is 0 Å². The second kappa shape index (κ2) is 12.3. The lowest BCUT2D eigenvalue weighted by Gasteiger charge is -2.15. The number of thioether (sulfide) groups is 2. The van der Waals surface area contributed by atoms with Gasteiger partial charge in [-0.15, -0.1) is 22.7 Å². The number of thiophene rings is 2. The van der Waals surface area contributed by atoms with Gasteiger partial charge in [-0.1, -0.05) is 60.1 Å². The molecule has 2 aromatic heterocycles. The number of hydrogen-bond donors (Lipinski definition) is 2. The Morgan fingerprint density at radius 3 is 1.56 bits per heavy atom. The van der Waals surface area contributed by atoms with Gasteiger partial charge in [0.2, 0.25) is 11.8 Å². The van der Waals surface area contributed by atoms with Crippen molar-refractivity contribution in [3.05, 3.63) is 54.6 Å². The van der Waals surface area contributed by atoms with Gasteiger partial charge in [-0.3, -0.25) is 39.8 Å². The van der Waals surface area contributed by atoms with Gasteiger partial charge in [0, 0.05) is 35.7 Å². The van der Waals surface area contributed by atoms with E-state index in [-0.39, 0.29) is 37.7 Å². The van der Waals surface area contributed by atoms with Crippen LogP contribution in [0.3, 0.4) is 0 Å². The largest absolute Gasteiger partial charge is 0.292 e. The Labute approximate surface area is 234 Å². The quantitative estimate of drug-likeness (QED) is 0.270. The molecule has 2 N–H and O–H groups in total. The molecule has 4 amide bonds. The van der Waals surface area contributed by atoms with Crippen LogP contribution >= 0.6 is 70.6 Å². The Kier molecular flexibility index (Phi) is 9.09. The van der Waals surface area contributed by atoms with E-state index in [0.717, 1.165) is 9.75 Å². The van der Waals surface area contributed by atoms with E-state index in [2.05, 4.69) is 10.9 Å². The van der Waals surface area contributed by atoms with Crippen LogP contribution in [0.2, 0.25) is 0 Å². The molecule has 0 aromatic carbocycles. The number of hydrogen-bond acceptors (Lipinski definition) is 10. The molecule has 4 rings (SSSR count). The second-order valence-corrected chi connectivity index (χ2v) is 12.6. The summed E-state index contributed by atoms with van der Waals surface area (Å²) in [5, 5.41) is 3.84. The molecule has 2 aliphatic rings. The lowest BCUT2D eigenvalue weighted by molar-refractivity contribution is -0.130. The average molecular weight is 595 g/mol. The average Bonchev–Trinajstić information content (AvgIpc) is 3.63. The molecule has 14 heteroatoms. The summed E-state index contributed by atoms with van der Waals surface area (Å²) in [7, 11) is 0. The minimum absolute atomic E-state index is 0.0405. The van der Waals surface area contributed by atoms with Crippen molar-refractivity contribution >= 4 is 115 Å². The maximum Gasteiger partial charge on any atom is 0.266 e. The number of carbonyl (C=O) groups excluding carboxylic acids is 4. The molecule has 0 aliphatic carbocycles. The number of nitrogens with one attached hydrogen (secondary N) is 2. The highest BCUT2D eigenvalue weighted by atomic mass is 32.2. The molecule has 186 valence electrons. The second-order valence-electron chi connectivity index (χ2n) is 7.29. The van der Waals surface area contributed by atoms with Crippen molar-refractivity contribution in [2.75, 3.05) is 13.1 Å². The number of hydrazine groups is 1. The molecule has 2 saturated heterocycles. The third kappa shape index (κ3) is 6.69. The predicted octanol–water partition coefficient (Wildman–Crippen LogP) is 3.84. The van der Waals surface area contributed by atoms with Crippen LogP contribution in [-0.4, -0.2) is 55.2 Å². The maximum absolute atomic E-state index is 12.6. The molecular weight excluding hydrogens is 577 g/mol. The Morgan fingerprint density at radius 1 is 0.778 bits per heavy atom. The first-order chi connectivity index (χ1) is 17.3. The molecule has 36 heavy (non-hydrogen) atoms. The van der Waals surface area contributed by atoms with Crippen LogP contribution in [0, 0.1) is 0 Å². The number of rotatable bonds is 8. The van der Waals surface area contributed by atoms with Gasteiger partial charge in [0.05, 0.1) is 9.81 Å². The molecule has 2 aliphatic heterocycles. The summed E-state index contributed by atoms with van der Waals surface area (Å²) in [6.45, 7) is 0.197. The van der Waals surface area contributed by atoms with Gasteiger partial charge in [0.1, 0.15) is 8.64 Å². The maximum atomic E-state index is 12.6. The third-order valence-corrected chi connectivity index (χ3v) is 9.24. The fourth-order valence-electron chi connectivity index (χ4n) is 3.08. The Hall–Kier alpha value is -2.36. The zero-order chi connectivity index (χ0) is 25.7. The van der Waals surface area contributed by atoms with Crippen LogP contribution in [0.1, 0.15) is 22.6 Å². The monoisotopic (exact) mass is 594 g/mol. The summed E-state index contributed by atoms with van der Waals surface area (Å²) in [6.07, 6.45) is 3.48. The van der Waals surface area contributed by atoms with Crippen molar-refractivity contribution in [2.24, 2.45) is 0 Å². The summed E-state index contributed by atoms with van der Waals surface area (Å²) in [4.78, 5) is 55.2. The molecule has 2 fully saturated rings. The first-order valence-corrected chi connectivity index (χ1v) is 14.7. The van der Waals surface area contributed by atoms with E-state index >= 15 is 0 Å². The van der Waals surface area contributed by atoms with Crippen molar-refractivity contribution in [3.8, 4) is 0 Å². The van der Waals surface area contributed by atoms with E-state index in [0.29, 0.717) is 18.5 Å². The molecule has 4 heterocycles. The topological polar surface area (TPSA) is 98.8 Å². The first kappa shape index (κ1) is 26.7. The first-order valence-electron chi connectivity index (χ1n) is 10.5. The number of thiocarbonyl (C=S) groups is 2. The summed E-state index contributed by atoms with van der Waals surface area (Å²) < 4.78 is 0.771. The molecule has 0 spiro atoms. The van der Waals surface area contributed by atoms with E-state index < -0.39 is 11.8 Å². The fourth-order valence-corrected chi connectivity index (χ4v) is 7.14. The van der Waals surface area contributed by atoms with Crippen molar-refractivity contribution in [1.82, 2.24) is 20.7 Å². The normalized spacial score (nSPS) is 18.1. The zero-order valence-corrected chi connectivity index (χ0v) is 23.3. The van der Waals surface area contributed by atoms with Crippen molar-refractivity contribution in [1.29, 1.82) is 0 Å². The van der Waals surface area contributed by atoms with Crippen molar-refractivity contribution in [3.63, 3.8) is 0 Å². The van der Waals surface area contributed by atoms with E-state index in [4.69, 9.17) is 24.4 Å². The molecule has 0 unspecified atom stereocenters. The third-order valence-electron chi connectivity index (χ3n) is 4.85. The minimum atomic E-state index is -0.468. The number of nitrogens with zero attached hydrogens (tertiary/aromatic N) is 2. The molecule has 8 nitrogen and oxygen atoms in total.